The van der Waals surface area contributed by atoms with E-state index in [9.17, 15) is 18.0 Å². The Balaban J connectivity index is 0. The number of carboxylic acids is 1. The lowest BCUT2D eigenvalue weighted by Crippen LogP contribution is -2.64. The van der Waals surface area contributed by atoms with E-state index in [1.54, 1.807) is 0 Å². The van der Waals surface area contributed by atoms with Crippen molar-refractivity contribution < 1.29 is 41.8 Å². The fourth-order valence-corrected chi connectivity index (χ4v) is 8.26. The Morgan fingerprint density at radius 3 is 1.21 bits per heavy atom. The highest BCUT2D eigenvalue weighted by atomic mass is 19.4. The quantitative estimate of drug-likeness (QED) is 0.0175. The molecule has 0 aliphatic carbocycles. The van der Waals surface area contributed by atoms with Crippen LogP contribution in [0.5, 0.6) is 0 Å². The second-order valence-electron chi connectivity index (χ2n) is 19.7. The third-order valence-electron chi connectivity index (χ3n) is 12.9. The number of nitrogens with zero attached hydrogens (tertiary/aromatic N) is 1. The highest BCUT2D eigenvalue weighted by molar-refractivity contribution is 5.73. The number of halogens is 3. The number of carbonyl (C=O) groups excluding carboxylic acids is 2. The van der Waals surface area contributed by atoms with Gasteiger partial charge in [-0.1, -0.05) is 161 Å². The first-order chi connectivity index (χ1) is 33.8. The summed E-state index contributed by atoms with van der Waals surface area (Å²) in [4.78, 5) is 21.5. The maximum Gasteiger partial charge on any atom is 0.430 e. The SMILES string of the molecule is CCCCCCCC/C=C\CCCCCCCCOC(CC)(OCCCCCCCC/C=C\CCCCCCCC)[N+](C)(C)CCNC(=O)NCCCNCCCCNCCCN.O=C([O-])C(F)(F)F. The van der Waals surface area contributed by atoms with Gasteiger partial charge in [0.15, 0.2) is 0 Å². The summed E-state index contributed by atoms with van der Waals surface area (Å²) in [6, 6.07) is -0.101. The van der Waals surface area contributed by atoms with Crippen molar-refractivity contribution in [3.05, 3.63) is 24.3 Å². The molecule has 0 unspecified atom stereocenters. The lowest BCUT2D eigenvalue weighted by molar-refractivity contribution is -0.996. The van der Waals surface area contributed by atoms with Gasteiger partial charge in [0, 0.05) is 6.54 Å². The summed E-state index contributed by atoms with van der Waals surface area (Å²) in [7, 11) is 4.41. The fraction of sp³-hybridized carbons (Fsp3) is 0.893. The molecule has 0 aromatic carbocycles. The van der Waals surface area contributed by atoms with Crippen molar-refractivity contribution in [3.8, 4) is 0 Å². The maximum absolute atomic E-state index is 12.7. The molecule has 2 amide bonds. The standard InChI is InChI=1S/C54H110N6O3.C2HF3O2/c1-6-9-11-13-15-17-19-21-23-25-27-29-31-33-35-39-51-62-54(8-3,63-52-40-36-34-32-30-28-26-24-22-20-18-16-14-12-10-7-2)60(4,5)50-49-59-53(61)58-48-42-47-57-45-38-37-44-56-46-41-43-55;3-2(4,5)1(6)7/h21-24,56-57H,6-20,25-52,55H2,1-5H3,(H-,58,59,61);(H,6,7)/b23-21-,24-22-;. The number of nitrogens with one attached hydrogen (secondary N) is 4. The van der Waals surface area contributed by atoms with Gasteiger partial charge in [0.1, 0.15) is 12.5 Å². The van der Waals surface area contributed by atoms with Gasteiger partial charge in [-0.05, 0) is 123 Å². The Kier molecular flexibility index (Phi) is 51.6. The van der Waals surface area contributed by atoms with E-state index in [2.05, 4.69) is 80.4 Å². The Morgan fingerprint density at radius 1 is 0.500 bits per heavy atom. The van der Waals surface area contributed by atoms with Gasteiger partial charge in [-0.25, -0.2) is 4.79 Å². The summed E-state index contributed by atoms with van der Waals surface area (Å²) in [6.45, 7) is 14.9. The number of aliphatic carboxylic acids is 1. The van der Waals surface area contributed by atoms with Gasteiger partial charge >= 0.3 is 18.1 Å². The predicted molar refractivity (Wildman–Crippen MR) is 287 cm³/mol. The van der Waals surface area contributed by atoms with Crippen LogP contribution in [0.25, 0.3) is 0 Å². The van der Waals surface area contributed by atoms with E-state index in [0.29, 0.717) is 30.8 Å². The largest absolute Gasteiger partial charge is 0.542 e. The van der Waals surface area contributed by atoms with Gasteiger partial charge in [0.2, 0.25) is 0 Å². The molecule has 70 heavy (non-hydrogen) atoms. The topological polar surface area (TPSA) is 150 Å². The van der Waals surface area contributed by atoms with Crippen LogP contribution in [0.1, 0.15) is 233 Å². The minimum atomic E-state index is -5.19. The number of rotatable bonds is 51. The molecule has 0 rings (SSSR count). The average Bonchev–Trinajstić information content (AvgIpc) is 3.33. The normalized spacial score (nSPS) is 12.2. The van der Waals surface area contributed by atoms with Crippen molar-refractivity contribution >= 4 is 12.0 Å². The van der Waals surface area contributed by atoms with Gasteiger partial charge in [0.05, 0.1) is 40.3 Å². The van der Waals surface area contributed by atoms with Crippen LogP contribution < -0.4 is 32.1 Å². The van der Waals surface area contributed by atoms with Crippen molar-refractivity contribution in [2.45, 2.75) is 245 Å². The van der Waals surface area contributed by atoms with Crippen LogP contribution in [0.3, 0.4) is 0 Å². The van der Waals surface area contributed by atoms with Crippen LogP contribution in [-0.4, -0.2) is 108 Å². The predicted octanol–water partition coefficient (Wildman–Crippen LogP) is 12.5. The average molecular weight is 1010 g/mol. The number of likely N-dealkylation sites (N-methyl/N-ethyl adjacent to an activating group) is 1. The molecule has 0 spiro atoms. The fourth-order valence-electron chi connectivity index (χ4n) is 8.26. The van der Waals surface area contributed by atoms with Crippen LogP contribution in [0, 0.1) is 0 Å². The number of carboxylic acid groups (broad SMARTS) is 1. The number of alkyl halides is 3. The zero-order chi connectivity index (χ0) is 52.1. The number of nitrogens with two attached hydrogens (primary N) is 1. The van der Waals surface area contributed by atoms with Crippen molar-refractivity contribution in [2.75, 3.05) is 79.7 Å². The van der Waals surface area contributed by atoms with Gasteiger partial charge in [0.25, 0.3) is 0 Å². The van der Waals surface area contributed by atoms with E-state index in [4.69, 9.17) is 25.1 Å². The summed E-state index contributed by atoms with van der Waals surface area (Å²) in [6.07, 6.45) is 45.9. The number of hydrogen-bond donors (Lipinski definition) is 5. The lowest BCUT2D eigenvalue weighted by atomic mass is 10.1. The third kappa shape index (κ3) is 46.8. The number of allylic oxidation sites excluding steroid dienone is 4. The molecule has 0 saturated heterocycles. The van der Waals surface area contributed by atoms with Crippen molar-refractivity contribution in [2.24, 2.45) is 5.73 Å². The van der Waals surface area contributed by atoms with E-state index >= 15 is 0 Å². The molecule has 0 heterocycles. The van der Waals surface area contributed by atoms with Crippen molar-refractivity contribution in [3.63, 3.8) is 0 Å². The molecule has 11 nitrogen and oxygen atoms in total. The van der Waals surface area contributed by atoms with Gasteiger partial charge < -0.3 is 46.4 Å². The van der Waals surface area contributed by atoms with E-state index in [1.165, 1.54) is 167 Å². The molecule has 0 aliphatic heterocycles. The molecule has 6 N–H and O–H groups in total. The number of amides is 2. The number of urea groups is 1. The summed E-state index contributed by atoms with van der Waals surface area (Å²) in [5, 5.41) is 21.9. The van der Waals surface area contributed by atoms with Crippen LogP contribution >= 0.6 is 0 Å². The minimum Gasteiger partial charge on any atom is -0.542 e. The Labute approximate surface area is 428 Å². The molecular weight excluding hydrogens is 894 g/mol. The third-order valence-corrected chi connectivity index (χ3v) is 12.9. The van der Waals surface area contributed by atoms with Crippen LogP contribution in [0.4, 0.5) is 18.0 Å². The molecule has 0 aliphatic rings. The molecular formula is C56H111F3N6O5. The molecule has 14 heteroatoms. The molecule has 0 saturated carbocycles. The number of quaternary nitrogens is 1. The lowest BCUT2D eigenvalue weighted by Gasteiger charge is -2.46. The van der Waals surface area contributed by atoms with Crippen molar-refractivity contribution in [1.82, 2.24) is 21.3 Å². The first-order valence-electron chi connectivity index (χ1n) is 28.7. The Morgan fingerprint density at radius 2 is 0.843 bits per heavy atom. The molecule has 0 aromatic heterocycles. The molecule has 416 valence electrons. The Bertz CT molecular complexity index is 1150. The van der Waals surface area contributed by atoms with E-state index in [0.717, 1.165) is 84.2 Å². The van der Waals surface area contributed by atoms with Gasteiger partial charge in [-0.3, -0.25) is 4.48 Å². The molecule has 0 radical (unpaired) electrons. The number of hydrogen-bond acceptors (Lipinski definition) is 8. The second kappa shape index (κ2) is 51.7. The first-order valence-corrected chi connectivity index (χ1v) is 28.7. The van der Waals surface area contributed by atoms with Crippen LogP contribution in [-0.2, 0) is 14.3 Å². The zero-order valence-electron chi connectivity index (χ0n) is 45.9. The van der Waals surface area contributed by atoms with E-state index < -0.39 is 18.1 Å². The second-order valence-corrected chi connectivity index (χ2v) is 19.7. The highest BCUT2D eigenvalue weighted by Gasteiger charge is 2.47. The van der Waals surface area contributed by atoms with Crippen molar-refractivity contribution in [1.29, 1.82) is 0 Å². The Hall–Kier alpha value is -2.23. The number of ether oxygens (including phenoxy) is 2. The molecule has 0 fully saturated rings. The zero-order valence-corrected chi connectivity index (χ0v) is 45.9. The first kappa shape index (κ1) is 69.8. The van der Waals surface area contributed by atoms with Gasteiger partial charge in [-0.15, -0.1) is 0 Å². The molecule has 0 atom stereocenters. The highest BCUT2D eigenvalue weighted by Crippen LogP contribution is 2.29. The number of carbonyl (C=O) groups is 2. The van der Waals surface area contributed by atoms with Crippen LogP contribution in [0.2, 0.25) is 0 Å². The van der Waals surface area contributed by atoms with Gasteiger partial charge in [-0.2, -0.15) is 13.2 Å². The molecule has 0 bridgehead atoms. The molecule has 0 aromatic rings. The van der Waals surface area contributed by atoms with Crippen LogP contribution in [0.15, 0.2) is 24.3 Å². The van der Waals surface area contributed by atoms with E-state index in [1.807, 2.05) is 0 Å². The number of unbranched alkanes of at least 4 members (excludes halogenated alkanes) is 25. The van der Waals surface area contributed by atoms with E-state index in [-0.39, 0.29) is 6.03 Å². The summed E-state index contributed by atoms with van der Waals surface area (Å²) in [5.74, 6) is -3.74. The minimum absolute atomic E-state index is 0.101. The smallest absolute Gasteiger partial charge is 0.430 e. The summed E-state index contributed by atoms with van der Waals surface area (Å²) < 4.78 is 45.7. The summed E-state index contributed by atoms with van der Waals surface area (Å²) >= 11 is 0. The monoisotopic (exact) mass is 1000 g/mol. The maximum atomic E-state index is 12.7. The summed E-state index contributed by atoms with van der Waals surface area (Å²) in [5.41, 5.74) is 5.54.